The van der Waals surface area contributed by atoms with E-state index in [4.69, 9.17) is 4.74 Å². The number of nitrogens with one attached hydrogen (secondary N) is 1. The van der Waals surface area contributed by atoms with Gasteiger partial charge >= 0.3 is 0 Å². The van der Waals surface area contributed by atoms with Crippen molar-refractivity contribution < 1.29 is 14.3 Å². The third-order valence-corrected chi connectivity index (χ3v) is 5.19. The Bertz CT molecular complexity index is 1110. The number of carbonyl (C=O) groups excluding carboxylic acids is 2. The summed E-state index contributed by atoms with van der Waals surface area (Å²) in [6.45, 7) is 7.39. The van der Waals surface area contributed by atoms with E-state index in [1.54, 1.807) is 40.2 Å². The predicted molar refractivity (Wildman–Crippen MR) is 111 cm³/mol. The normalized spacial score (nSPS) is 16.6. The summed E-state index contributed by atoms with van der Waals surface area (Å²) in [7, 11) is 0. The molecule has 3 heterocycles. The van der Waals surface area contributed by atoms with E-state index in [0.717, 1.165) is 16.9 Å². The fraction of sp³-hybridized carbons (Fsp3) is 0.381. The third kappa shape index (κ3) is 4.02. The van der Waals surface area contributed by atoms with Crippen LogP contribution in [0.4, 0.5) is 5.69 Å². The van der Waals surface area contributed by atoms with Crippen molar-refractivity contribution in [3.05, 3.63) is 47.5 Å². The number of amides is 2. The summed E-state index contributed by atoms with van der Waals surface area (Å²) in [5.74, 6) is -0.449. The second-order valence-electron chi connectivity index (χ2n) is 7.28. The molecule has 1 fully saturated rings. The van der Waals surface area contributed by atoms with E-state index >= 15 is 0 Å². The molecule has 30 heavy (non-hydrogen) atoms. The van der Waals surface area contributed by atoms with E-state index in [-0.39, 0.29) is 18.4 Å². The van der Waals surface area contributed by atoms with Gasteiger partial charge in [-0.25, -0.2) is 9.97 Å². The van der Waals surface area contributed by atoms with Gasteiger partial charge in [-0.1, -0.05) is 0 Å². The fourth-order valence-electron chi connectivity index (χ4n) is 3.36. The van der Waals surface area contributed by atoms with Crippen molar-refractivity contribution in [2.75, 3.05) is 25.0 Å². The van der Waals surface area contributed by atoms with E-state index in [0.29, 0.717) is 36.5 Å². The number of carbonyl (C=O) groups is 2. The van der Waals surface area contributed by atoms with Crippen LogP contribution in [0.25, 0.3) is 11.0 Å². The topological polar surface area (TPSA) is 102 Å². The average Bonchev–Trinajstić information content (AvgIpc) is 3.21. The van der Waals surface area contributed by atoms with Gasteiger partial charge in [0.15, 0.2) is 6.10 Å². The number of rotatable bonds is 4. The van der Waals surface area contributed by atoms with Crippen molar-refractivity contribution in [1.29, 1.82) is 0 Å². The SMILES string of the molecule is CCn1cc(NC(=O)C2CN(C(=O)c3ccc4nc(C)c(C)nc4c3)CCO2)cn1. The first-order valence-corrected chi connectivity index (χ1v) is 9.94. The number of nitrogens with zero attached hydrogens (tertiary/aromatic N) is 5. The quantitative estimate of drug-likeness (QED) is 0.708. The van der Waals surface area contributed by atoms with Gasteiger partial charge in [0.25, 0.3) is 11.8 Å². The summed E-state index contributed by atoms with van der Waals surface area (Å²) in [4.78, 5) is 36.3. The molecule has 0 saturated carbocycles. The largest absolute Gasteiger partial charge is 0.365 e. The van der Waals surface area contributed by atoms with Crippen LogP contribution in [0, 0.1) is 13.8 Å². The first-order valence-electron chi connectivity index (χ1n) is 9.94. The molecule has 4 rings (SSSR count). The zero-order valence-corrected chi connectivity index (χ0v) is 17.3. The zero-order chi connectivity index (χ0) is 21.3. The van der Waals surface area contributed by atoms with Crippen LogP contribution in [-0.2, 0) is 16.1 Å². The van der Waals surface area contributed by atoms with Crippen molar-refractivity contribution >= 4 is 28.5 Å². The molecule has 0 bridgehead atoms. The van der Waals surface area contributed by atoms with Crippen molar-refractivity contribution in [1.82, 2.24) is 24.6 Å². The molecular formula is C21H24N6O3. The lowest BCUT2D eigenvalue weighted by Gasteiger charge is -2.32. The Kier molecular flexibility index (Phi) is 5.45. The summed E-state index contributed by atoms with van der Waals surface area (Å²) < 4.78 is 7.33. The van der Waals surface area contributed by atoms with Crippen molar-refractivity contribution in [3.8, 4) is 0 Å². The van der Waals surface area contributed by atoms with Gasteiger partial charge in [0.2, 0.25) is 0 Å². The van der Waals surface area contributed by atoms with Crippen molar-refractivity contribution in [3.63, 3.8) is 0 Å². The van der Waals surface area contributed by atoms with Crippen LogP contribution in [0.2, 0.25) is 0 Å². The number of ether oxygens (including phenoxy) is 1. The maximum absolute atomic E-state index is 13.0. The monoisotopic (exact) mass is 408 g/mol. The Morgan fingerprint density at radius 3 is 2.70 bits per heavy atom. The second kappa shape index (κ2) is 8.19. The van der Waals surface area contributed by atoms with Crippen LogP contribution in [0.5, 0.6) is 0 Å². The van der Waals surface area contributed by atoms with E-state index in [1.165, 1.54) is 0 Å². The highest BCUT2D eigenvalue weighted by Crippen LogP contribution is 2.18. The third-order valence-electron chi connectivity index (χ3n) is 5.19. The van der Waals surface area contributed by atoms with Crippen molar-refractivity contribution in [2.45, 2.75) is 33.4 Å². The molecule has 1 aliphatic rings. The van der Waals surface area contributed by atoms with Gasteiger partial charge in [-0.05, 0) is 39.0 Å². The zero-order valence-electron chi connectivity index (χ0n) is 17.3. The minimum Gasteiger partial charge on any atom is -0.365 e. The Balaban J connectivity index is 1.47. The Morgan fingerprint density at radius 2 is 1.97 bits per heavy atom. The Labute approximate surface area is 174 Å². The van der Waals surface area contributed by atoms with E-state index in [2.05, 4.69) is 20.4 Å². The number of aromatic nitrogens is 4. The molecule has 9 heteroatoms. The van der Waals surface area contributed by atoms with Gasteiger partial charge in [-0.2, -0.15) is 5.10 Å². The highest BCUT2D eigenvalue weighted by atomic mass is 16.5. The average molecular weight is 408 g/mol. The van der Waals surface area contributed by atoms with Crippen LogP contribution in [0.15, 0.2) is 30.6 Å². The van der Waals surface area contributed by atoms with Gasteiger partial charge in [0.1, 0.15) is 0 Å². The first kappa shape index (κ1) is 20.0. The standard InChI is InChI=1S/C21H24N6O3/c1-4-27-11-16(10-22-27)25-20(28)19-12-26(7-8-30-19)21(29)15-5-6-17-18(9-15)24-14(3)13(2)23-17/h5-6,9-11,19H,4,7-8,12H2,1-3H3,(H,25,28). The number of hydrogen-bond donors (Lipinski definition) is 1. The van der Waals surface area contributed by atoms with Crippen LogP contribution in [0.1, 0.15) is 28.7 Å². The number of fused-ring (bicyclic) bond motifs is 1. The molecule has 156 valence electrons. The molecule has 0 radical (unpaired) electrons. The second-order valence-corrected chi connectivity index (χ2v) is 7.28. The molecule has 3 aromatic rings. The molecule has 2 amide bonds. The van der Waals surface area contributed by atoms with Gasteiger partial charge in [-0.15, -0.1) is 0 Å². The Hall–Kier alpha value is -3.33. The summed E-state index contributed by atoms with van der Waals surface area (Å²) in [5, 5.41) is 6.94. The van der Waals surface area contributed by atoms with Gasteiger partial charge in [0, 0.05) is 24.8 Å². The molecule has 0 spiro atoms. The number of aryl methyl sites for hydroxylation is 3. The Morgan fingerprint density at radius 1 is 1.20 bits per heavy atom. The lowest BCUT2D eigenvalue weighted by molar-refractivity contribution is -0.131. The highest BCUT2D eigenvalue weighted by molar-refractivity contribution is 5.98. The maximum Gasteiger partial charge on any atom is 0.255 e. The van der Waals surface area contributed by atoms with E-state index < -0.39 is 6.10 Å². The molecule has 1 N–H and O–H groups in total. The van der Waals surface area contributed by atoms with Crippen LogP contribution >= 0.6 is 0 Å². The lowest BCUT2D eigenvalue weighted by Crippen LogP contribution is -2.50. The molecule has 1 unspecified atom stereocenters. The van der Waals surface area contributed by atoms with Crippen molar-refractivity contribution in [2.24, 2.45) is 0 Å². The number of morpholine rings is 1. The minimum atomic E-state index is -0.738. The molecule has 1 aromatic carbocycles. The number of benzene rings is 1. The predicted octanol–water partition coefficient (Wildman–Crippen LogP) is 1.94. The summed E-state index contributed by atoms with van der Waals surface area (Å²) >= 11 is 0. The molecule has 1 saturated heterocycles. The molecular weight excluding hydrogens is 384 g/mol. The van der Waals surface area contributed by atoms with E-state index in [1.807, 2.05) is 20.8 Å². The minimum absolute atomic E-state index is 0.156. The lowest BCUT2D eigenvalue weighted by atomic mass is 10.1. The molecule has 2 aromatic heterocycles. The molecule has 1 atom stereocenters. The van der Waals surface area contributed by atoms with Gasteiger partial charge < -0.3 is 15.0 Å². The smallest absolute Gasteiger partial charge is 0.255 e. The van der Waals surface area contributed by atoms with Crippen LogP contribution in [-0.4, -0.2) is 62.3 Å². The maximum atomic E-state index is 13.0. The van der Waals surface area contributed by atoms with E-state index in [9.17, 15) is 9.59 Å². The van der Waals surface area contributed by atoms with Crippen LogP contribution in [0.3, 0.4) is 0 Å². The van der Waals surface area contributed by atoms with Gasteiger partial charge in [0.05, 0.1) is 47.5 Å². The van der Waals surface area contributed by atoms with Gasteiger partial charge in [-0.3, -0.25) is 14.3 Å². The number of anilines is 1. The number of hydrogen-bond acceptors (Lipinski definition) is 6. The molecule has 1 aliphatic heterocycles. The first-order chi connectivity index (χ1) is 14.4. The molecule has 0 aliphatic carbocycles. The fourth-order valence-corrected chi connectivity index (χ4v) is 3.36. The summed E-state index contributed by atoms with van der Waals surface area (Å²) in [6, 6.07) is 5.30. The van der Waals surface area contributed by atoms with Crippen LogP contribution < -0.4 is 5.32 Å². The molecule has 9 nitrogen and oxygen atoms in total. The highest BCUT2D eigenvalue weighted by Gasteiger charge is 2.30. The summed E-state index contributed by atoms with van der Waals surface area (Å²) in [5.41, 5.74) is 4.26. The summed E-state index contributed by atoms with van der Waals surface area (Å²) in [6.07, 6.45) is 2.61.